The SMILES string of the molecule is C[C@H](Sc1nnc(-c2ccccc2)n1C)C(=O)Nc1ccc(C#N)c(Cl)c1. The van der Waals surface area contributed by atoms with Gasteiger partial charge in [-0.1, -0.05) is 53.7 Å². The summed E-state index contributed by atoms with van der Waals surface area (Å²) in [5.41, 5.74) is 1.87. The quantitative estimate of drug-likeness (QED) is 0.654. The molecule has 1 N–H and O–H groups in total. The number of aromatic nitrogens is 3. The fourth-order valence-corrected chi connectivity index (χ4v) is 3.43. The third-order valence-corrected chi connectivity index (χ3v) is 5.32. The molecule has 3 rings (SSSR count). The number of halogens is 1. The molecule has 1 atom stereocenters. The number of benzene rings is 2. The standard InChI is InChI=1S/C19H16ClN5OS/c1-12(18(26)22-15-9-8-14(11-21)16(20)10-15)27-19-24-23-17(25(19)2)13-6-4-3-5-7-13/h3-10,12H,1-2H3,(H,22,26)/t12-/m0/s1. The van der Waals surface area contributed by atoms with Crippen LogP contribution in [0.25, 0.3) is 11.4 Å². The van der Waals surface area contributed by atoms with Crippen LogP contribution in [-0.4, -0.2) is 25.9 Å². The largest absolute Gasteiger partial charge is 0.325 e. The van der Waals surface area contributed by atoms with E-state index in [4.69, 9.17) is 16.9 Å². The Kier molecular flexibility index (Phi) is 5.79. The molecule has 0 aliphatic carbocycles. The predicted octanol–water partition coefficient (Wildman–Crippen LogP) is 4.13. The number of nitrogens with one attached hydrogen (secondary N) is 1. The molecule has 3 aromatic rings. The van der Waals surface area contributed by atoms with Crippen molar-refractivity contribution >= 4 is 35.0 Å². The van der Waals surface area contributed by atoms with Gasteiger partial charge in [0.25, 0.3) is 0 Å². The molecule has 0 saturated heterocycles. The van der Waals surface area contributed by atoms with E-state index in [2.05, 4.69) is 15.5 Å². The summed E-state index contributed by atoms with van der Waals surface area (Å²) in [5.74, 6) is 0.551. The minimum absolute atomic E-state index is 0.190. The van der Waals surface area contributed by atoms with Gasteiger partial charge in [-0.25, -0.2) is 0 Å². The Morgan fingerprint density at radius 1 is 1.26 bits per heavy atom. The lowest BCUT2D eigenvalue weighted by atomic mass is 10.2. The van der Waals surface area contributed by atoms with Gasteiger partial charge in [0.2, 0.25) is 5.91 Å². The van der Waals surface area contributed by atoms with Crippen molar-refractivity contribution in [2.45, 2.75) is 17.3 Å². The first kappa shape index (κ1) is 19.0. The molecule has 0 bridgehead atoms. The highest BCUT2D eigenvalue weighted by Gasteiger charge is 2.19. The molecule has 0 aliphatic heterocycles. The zero-order chi connectivity index (χ0) is 19.4. The summed E-state index contributed by atoms with van der Waals surface area (Å²) in [7, 11) is 1.87. The second kappa shape index (κ2) is 8.25. The predicted molar refractivity (Wildman–Crippen MR) is 107 cm³/mol. The van der Waals surface area contributed by atoms with Crippen molar-refractivity contribution in [2.24, 2.45) is 7.05 Å². The molecule has 6 nitrogen and oxygen atoms in total. The van der Waals surface area contributed by atoms with Crippen molar-refractivity contribution in [1.82, 2.24) is 14.8 Å². The molecule has 1 aromatic heterocycles. The number of carbonyl (C=O) groups is 1. The van der Waals surface area contributed by atoms with Crippen LogP contribution in [0.1, 0.15) is 12.5 Å². The van der Waals surface area contributed by atoms with E-state index in [-0.39, 0.29) is 5.91 Å². The van der Waals surface area contributed by atoms with Crippen LogP contribution in [0.2, 0.25) is 5.02 Å². The van der Waals surface area contributed by atoms with E-state index in [1.165, 1.54) is 11.8 Å². The summed E-state index contributed by atoms with van der Waals surface area (Å²) in [6.07, 6.45) is 0. The van der Waals surface area contributed by atoms with Crippen LogP contribution in [-0.2, 0) is 11.8 Å². The topological polar surface area (TPSA) is 83.6 Å². The van der Waals surface area contributed by atoms with Crippen molar-refractivity contribution in [1.29, 1.82) is 5.26 Å². The van der Waals surface area contributed by atoms with Gasteiger partial charge in [-0.05, 0) is 25.1 Å². The zero-order valence-corrected chi connectivity index (χ0v) is 16.3. The highest BCUT2D eigenvalue weighted by Crippen LogP contribution is 2.27. The second-order valence-corrected chi connectivity index (χ2v) is 7.50. The van der Waals surface area contributed by atoms with Crippen LogP contribution in [0.4, 0.5) is 5.69 Å². The van der Waals surface area contributed by atoms with Crippen molar-refractivity contribution in [3.63, 3.8) is 0 Å². The van der Waals surface area contributed by atoms with E-state index in [9.17, 15) is 4.79 Å². The Morgan fingerprint density at radius 3 is 2.67 bits per heavy atom. The molecule has 0 fully saturated rings. The number of hydrogen-bond acceptors (Lipinski definition) is 5. The average Bonchev–Trinajstić information content (AvgIpc) is 3.03. The Morgan fingerprint density at radius 2 is 2.00 bits per heavy atom. The number of anilines is 1. The van der Waals surface area contributed by atoms with Crippen molar-refractivity contribution in [3.8, 4) is 17.5 Å². The highest BCUT2D eigenvalue weighted by atomic mass is 35.5. The lowest BCUT2D eigenvalue weighted by Gasteiger charge is -2.12. The molecule has 0 spiro atoms. The van der Waals surface area contributed by atoms with E-state index >= 15 is 0 Å². The van der Waals surface area contributed by atoms with Crippen LogP contribution in [0.3, 0.4) is 0 Å². The fraction of sp³-hybridized carbons (Fsp3) is 0.158. The Balaban J connectivity index is 1.69. The van der Waals surface area contributed by atoms with Gasteiger partial charge >= 0.3 is 0 Å². The van der Waals surface area contributed by atoms with Crippen LogP contribution in [0.5, 0.6) is 0 Å². The minimum Gasteiger partial charge on any atom is -0.325 e. The molecule has 0 radical (unpaired) electrons. The fourth-order valence-electron chi connectivity index (χ4n) is 2.40. The monoisotopic (exact) mass is 397 g/mol. The summed E-state index contributed by atoms with van der Waals surface area (Å²) >= 11 is 7.32. The molecule has 8 heteroatoms. The lowest BCUT2D eigenvalue weighted by Crippen LogP contribution is -2.22. The maximum absolute atomic E-state index is 12.5. The number of rotatable bonds is 5. The number of nitriles is 1. The normalized spacial score (nSPS) is 11.6. The summed E-state index contributed by atoms with van der Waals surface area (Å²) in [6.45, 7) is 1.79. The van der Waals surface area contributed by atoms with Crippen LogP contribution >= 0.6 is 23.4 Å². The van der Waals surface area contributed by atoms with Crippen LogP contribution in [0, 0.1) is 11.3 Å². The van der Waals surface area contributed by atoms with Crippen LogP contribution < -0.4 is 5.32 Å². The molecule has 0 aliphatic rings. The second-order valence-electron chi connectivity index (χ2n) is 5.79. The first-order chi connectivity index (χ1) is 13.0. The number of thioether (sulfide) groups is 1. The van der Waals surface area contributed by atoms with Gasteiger partial charge < -0.3 is 9.88 Å². The van der Waals surface area contributed by atoms with Crippen LogP contribution in [0.15, 0.2) is 53.7 Å². The molecular weight excluding hydrogens is 382 g/mol. The third kappa shape index (κ3) is 4.30. The number of nitrogens with zero attached hydrogens (tertiary/aromatic N) is 4. The van der Waals surface area contributed by atoms with Gasteiger partial charge in [0.15, 0.2) is 11.0 Å². The molecule has 27 heavy (non-hydrogen) atoms. The van der Waals surface area contributed by atoms with E-state index < -0.39 is 5.25 Å². The Bertz CT molecular complexity index is 1010. The van der Waals surface area contributed by atoms with Crippen molar-refractivity contribution in [3.05, 3.63) is 59.1 Å². The number of carbonyl (C=O) groups excluding carboxylic acids is 1. The zero-order valence-electron chi connectivity index (χ0n) is 14.7. The van der Waals surface area contributed by atoms with Gasteiger partial charge in [-0.2, -0.15) is 5.26 Å². The minimum atomic E-state index is -0.397. The third-order valence-electron chi connectivity index (χ3n) is 3.88. The van der Waals surface area contributed by atoms with Gasteiger partial charge in [-0.3, -0.25) is 4.79 Å². The maximum Gasteiger partial charge on any atom is 0.237 e. The van der Waals surface area contributed by atoms with Crippen molar-refractivity contribution in [2.75, 3.05) is 5.32 Å². The molecule has 1 heterocycles. The summed E-state index contributed by atoms with van der Waals surface area (Å²) < 4.78 is 1.86. The molecule has 2 aromatic carbocycles. The summed E-state index contributed by atoms with van der Waals surface area (Å²) in [5, 5.41) is 20.7. The maximum atomic E-state index is 12.5. The summed E-state index contributed by atoms with van der Waals surface area (Å²) in [4.78, 5) is 12.5. The first-order valence-electron chi connectivity index (χ1n) is 8.11. The molecule has 0 saturated carbocycles. The highest BCUT2D eigenvalue weighted by molar-refractivity contribution is 8.00. The number of hydrogen-bond donors (Lipinski definition) is 1. The van der Waals surface area contributed by atoms with Gasteiger partial charge in [-0.15, -0.1) is 10.2 Å². The first-order valence-corrected chi connectivity index (χ1v) is 9.37. The van der Waals surface area contributed by atoms with E-state index in [1.807, 2.05) is 48.0 Å². The Labute approximate surface area is 166 Å². The van der Waals surface area contributed by atoms with E-state index in [1.54, 1.807) is 25.1 Å². The van der Waals surface area contributed by atoms with Crippen molar-refractivity contribution < 1.29 is 4.79 Å². The van der Waals surface area contributed by atoms with E-state index in [0.717, 1.165) is 11.4 Å². The van der Waals surface area contributed by atoms with Gasteiger partial charge in [0.1, 0.15) is 6.07 Å². The smallest absolute Gasteiger partial charge is 0.237 e. The lowest BCUT2D eigenvalue weighted by molar-refractivity contribution is -0.115. The number of amides is 1. The molecular formula is C19H16ClN5OS. The summed E-state index contributed by atoms with van der Waals surface area (Å²) in [6, 6.07) is 16.5. The average molecular weight is 398 g/mol. The van der Waals surface area contributed by atoms with E-state index in [0.29, 0.717) is 21.4 Å². The van der Waals surface area contributed by atoms with Gasteiger partial charge in [0.05, 0.1) is 15.8 Å². The molecule has 0 unspecified atom stereocenters. The van der Waals surface area contributed by atoms with Gasteiger partial charge in [0, 0.05) is 18.3 Å². The molecule has 136 valence electrons. The molecule has 1 amide bonds. The Hall–Kier alpha value is -2.82.